The van der Waals surface area contributed by atoms with E-state index in [-0.39, 0.29) is 5.78 Å². The first kappa shape index (κ1) is 62.3. The molecule has 0 saturated heterocycles. The third kappa shape index (κ3) is 39.8. The van der Waals surface area contributed by atoms with E-state index >= 15 is 0 Å². The molecule has 0 aromatic rings. The Bertz CT molecular complexity index is 994. The molecule has 1 atom stereocenters. The van der Waals surface area contributed by atoms with Gasteiger partial charge in [0.25, 0.3) is 0 Å². The Hall–Kier alpha value is -1.77. The molecule has 0 saturated carbocycles. The number of carbonyl (C=O) groups is 3. The van der Waals surface area contributed by atoms with Gasteiger partial charge in [0.1, 0.15) is 20.4 Å². The highest BCUT2D eigenvalue weighted by molar-refractivity contribution is 6.39. The molecular formula is C54H103BN2O5. The minimum atomic E-state index is -0.0616. The topological polar surface area (TPSA) is 84.9 Å². The molecule has 0 bridgehead atoms. The molecular weight excluding hydrogens is 767 g/mol. The van der Waals surface area contributed by atoms with Gasteiger partial charge in [-0.2, -0.15) is 0 Å². The standard InChI is InChI=1S/C24H39BN2O3.C18H38O.C12H26O/c1-21-22(25)23(24(21)30)26-15-14-18-27(16-10-6-2-4-8-12-19-28)17-11-7-3-5-9-13-20-29;1-4-6-8-10-12-14-16-18(19-3)17-15-13-11-9-7-5-2;1-4-6-7-8-9-10-11-12(5-2)13-3/h19-20,26H,1-18H2;18H,4-17H2,1-3H3;12H,4-11H2,1-3H3. The molecule has 0 heterocycles. The van der Waals surface area contributed by atoms with Crippen LogP contribution in [-0.2, 0) is 23.9 Å². The molecule has 0 aliphatic heterocycles. The lowest BCUT2D eigenvalue weighted by molar-refractivity contribution is -0.113. The quantitative estimate of drug-likeness (QED) is 0.0282. The van der Waals surface area contributed by atoms with Crippen LogP contribution in [0.3, 0.4) is 0 Å². The summed E-state index contributed by atoms with van der Waals surface area (Å²) < 4.78 is 10.9. The van der Waals surface area contributed by atoms with Crippen LogP contribution in [0.2, 0.25) is 0 Å². The van der Waals surface area contributed by atoms with Crippen molar-refractivity contribution < 1.29 is 23.9 Å². The number of nitrogens with zero attached hydrogens (tertiary/aromatic N) is 1. The molecule has 0 aromatic carbocycles. The van der Waals surface area contributed by atoms with Crippen molar-refractivity contribution in [3.8, 4) is 0 Å². The number of Topliss-reactive ketones (excluding diaryl/α,β-unsaturated/α-hetero) is 1. The Morgan fingerprint density at radius 3 is 1.26 bits per heavy atom. The third-order valence-electron chi connectivity index (χ3n) is 12.4. The number of rotatable bonds is 45. The molecule has 0 aromatic heterocycles. The molecule has 1 rings (SSSR count). The highest BCUT2D eigenvalue weighted by Gasteiger charge is 2.27. The third-order valence-corrected chi connectivity index (χ3v) is 12.4. The van der Waals surface area contributed by atoms with Crippen molar-refractivity contribution in [1.82, 2.24) is 10.2 Å². The summed E-state index contributed by atoms with van der Waals surface area (Å²) in [5.74, 6) is -0.0616. The van der Waals surface area contributed by atoms with Crippen molar-refractivity contribution in [2.24, 2.45) is 0 Å². The van der Waals surface area contributed by atoms with Crippen LogP contribution < -0.4 is 5.32 Å². The first-order valence-electron chi connectivity index (χ1n) is 26.4. The van der Waals surface area contributed by atoms with Crippen molar-refractivity contribution >= 4 is 26.2 Å². The van der Waals surface area contributed by atoms with Crippen LogP contribution in [0.4, 0.5) is 0 Å². The van der Waals surface area contributed by atoms with E-state index in [0.717, 1.165) is 77.3 Å². The van der Waals surface area contributed by atoms with Crippen LogP contribution in [0.5, 0.6) is 0 Å². The van der Waals surface area contributed by atoms with Crippen LogP contribution in [0.15, 0.2) is 23.3 Å². The zero-order valence-electron chi connectivity index (χ0n) is 42.2. The second kappa shape index (κ2) is 50.2. The minimum Gasteiger partial charge on any atom is -0.382 e. The number of ether oxygens (including phenoxy) is 2. The van der Waals surface area contributed by atoms with Crippen LogP contribution in [-0.4, -0.2) is 83.7 Å². The average Bonchev–Trinajstić information content (AvgIpc) is 3.29. The second-order valence-corrected chi connectivity index (χ2v) is 18.0. The van der Waals surface area contributed by atoms with E-state index in [2.05, 4.69) is 44.5 Å². The number of aldehydes is 2. The van der Waals surface area contributed by atoms with Crippen LogP contribution in [0, 0.1) is 0 Å². The molecule has 8 heteroatoms. The number of methoxy groups -OCH3 is 2. The molecule has 7 nitrogen and oxygen atoms in total. The van der Waals surface area contributed by atoms with Crippen LogP contribution in [0.25, 0.3) is 0 Å². The lowest BCUT2D eigenvalue weighted by Crippen LogP contribution is -2.35. The molecule has 1 unspecified atom stereocenters. The van der Waals surface area contributed by atoms with E-state index in [9.17, 15) is 14.4 Å². The predicted octanol–water partition coefficient (Wildman–Crippen LogP) is 14.5. The van der Waals surface area contributed by atoms with Gasteiger partial charge < -0.3 is 29.3 Å². The highest BCUT2D eigenvalue weighted by Crippen LogP contribution is 2.23. The monoisotopic (exact) mass is 871 g/mol. The first-order chi connectivity index (χ1) is 30.3. The van der Waals surface area contributed by atoms with Gasteiger partial charge in [-0.3, -0.25) is 4.79 Å². The smallest absolute Gasteiger partial charge is 0.207 e. The van der Waals surface area contributed by atoms with Gasteiger partial charge in [-0.05, 0) is 77.4 Å². The highest BCUT2D eigenvalue weighted by atomic mass is 16.5. The molecule has 1 N–H and O–H groups in total. The molecule has 1 aliphatic rings. The SMILES string of the molecule is CCCCCCCCC(CC)OC.CCCCCCCCC(CCCCCCCC)OC.[B]C1=C(NCCCN(CCCCCCCC=O)CCCCCCCC=O)C(=O)C1=C. The lowest BCUT2D eigenvalue weighted by Gasteiger charge is -2.25. The van der Waals surface area contributed by atoms with Crippen molar-refractivity contribution in [3.63, 3.8) is 0 Å². The Morgan fingerprint density at radius 1 is 0.532 bits per heavy atom. The largest absolute Gasteiger partial charge is 0.382 e. The lowest BCUT2D eigenvalue weighted by atomic mass is 9.74. The van der Waals surface area contributed by atoms with E-state index in [0.29, 0.717) is 41.8 Å². The van der Waals surface area contributed by atoms with Gasteiger partial charge in [0, 0.05) is 39.2 Å². The van der Waals surface area contributed by atoms with Crippen molar-refractivity contribution in [2.45, 2.75) is 265 Å². The van der Waals surface area contributed by atoms with E-state index in [1.165, 1.54) is 173 Å². The fourth-order valence-corrected chi connectivity index (χ4v) is 8.02. The normalized spacial score (nSPS) is 12.8. The summed E-state index contributed by atoms with van der Waals surface area (Å²) in [5.41, 5.74) is 1.44. The van der Waals surface area contributed by atoms with Crippen molar-refractivity contribution in [3.05, 3.63) is 23.3 Å². The summed E-state index contributed by atoms with van der Waals surface area (Å²) in [7, 11) is 9.51. The van der Waals surface area contributed by atoms with E-state index < -0.39 is 0 Å². The van der Waals surface area contributed by atoms with Crippen molar-refractivity contribution in [1.29, 1.82) is 0 Å². The molecule has 362 valence electrons. The van der Waals surface area contributed by atoms with E-state index in [1.54, 1.807) is 0 Å². The summed E-state index contributed by atoms with van der Waals surface area (Å²) in [6, 6.07) is 0. The number of hydrogen-bond donors (Lipinski definition) is 1. The van der Waals surface area contributed by atoms with Gasteiger partial charge in [0.05, 0.1) is 17.9 Å². The van der Waals surface area contributed by atoms with Gasteiger partial charge in [-0.1, -0.05) is 194 Å². The molecule has 2 radical (unpaired) electrons. The number of ketones is 1. The molecule has 0 spiro atoms. The minimum absolute atomic E-state index is 0.0616. The molecule has 62 heavy (non-hydrogen) atoms. The maximum absolute atomic E-state index is 11.7. The molecule has 0 fully saturated rings. The Labute approximate surface area is 387 Å². The zero-order valence-corrected chi connectivity index (χ0v) is 42.2. The summed E-state index contributed by atoms with van der Waals surface area (Å²) in [6.07, 6.45) is 46.8. The number of carbonyl (C=O) groups excluding carboxylic acids is 3. The fraction of sp³-hybridized carbons (Fsp3) is 0.870. The predicted molar refractivity (Wildman–Crippen MR) is 269 cm³/mol. The van der Waals surface area contributed by atoms with E-state index in [1.807, 2.05) is 14.2 Å². The van der Waals surface area contributed by atoms with Gasteiger partial charge >= 0.3 is 0 Å². The number of unbranched alkanes of at least 4 members (excludes halogenated alkanes) is 25. The van der Waals surface area contributed by atoms with Gasteiger partial charge in [0.2, 0.25) is 5.78 Å². The maximum atomic E-state index is 11.7. The summed E-state index contributed by atoms with van der Waals surface area (Å²) in [4.78, 5) is 34.9. The summed E-state index contributed by atoms with van der Waals surface area (Å²) >= 11 is 0. The Morgan fingerprint density at radius 2 is 0.887 bits per heavy atom. The maximum Gasteiger partial charge on any atom is 0.207 e. The van der Waals surface area contributed by atoms with Gasteiger partial charge in [-0.15, -0.1) is 0 Å². The van der Waals surface area contributed by atoms with Gasteiger partial charge in [0.15, 0.2) is 0 Å². The Kier molecular flexibility index (Phi) is 50.5. The van der Waals surface area contributed by atoms with E-state index in [4.69, 9.17) is 17.3 Å². The second-order valence-electron chi connectivity index (χ2n) is 18.0. The zero-order chi connectivity index (χ0) is 46.2. The van der Waals surface area contributed by atoms with Crippen molar-refractivity contribution in [2.75, 3.05) is 40.4 Å². The number of allylic oxidation sites excluding steroid dienone is 2. The van der Waals surface area contributed by atoms with Gasteiger partial charge in [-0.25, -0.2) is 0 Å². The summed E-state index contributed by atoms with van der Waals surface area (Å²) in [6.45, 7) is 16.6. The van der Waals surface area contributed by atoms with Crippen LogP contribution in [0.1, 0.15) is 252 Å². The molecule has 0 amide bonds. The summed E-state index contributed by atoms with van der Waals surface area (Å²) in [5, 5.41) is 3.16. The number of hydrogen-bond acceptors (Lipinski definition) is 7. The fourth-order valence-electron chi connectivity index (χ4n) is 8.02. The first-order valence-corrected chi connectivity index (χ1v) is 26.4. The molecule has 1 aliphatic carbocycles. The Balaban J connectivity index is 0. The van der Waals surface area contributed by atoms with Crippen LogP contribution >= 0.6 is 0 Å². The average molecular weight is 871 g/mol. The number of nitrogens with one attached hydrogen (secondary N) is 1.